The van der Waals surface area contributed by atoms with E-state index in [2.05, 4.69) is 9.98 Å². The van der Waals surface area contributed by atoms with Gasteiger partial charge in [0.1, 0.15) is 0 Å². The van der Waals surface area contributed by atoms with Crippen LogP contribution in [0.4, 0.5) is 0 Å². The summed E-state index contributed by atoms with van der Waals surface area (Å²) in [6.45, 7) is 0. The highest BCUT2D eigenvalue weighted by Gasteiger charge is 2.32. The first-order valence-corrected chi connectivity index (χ1v) is 7.93. The molecule has 3 rings (SSSR count). The number of benzene rings is 1. The number of hydrogen-bond donors (Lipinski definition) is 0. The summed E-state index contributed by atoms with van der Waals surface area (Å²) < 4.78 is 4.84. The minimum absolute atomic E-state index is 0.308. The molecule has 0 N–H and O–H groups in total. The molecule has 118 valence electrons. The Balaban J connectivity index is 2.09. The van der Waals surface area contributed by atoms with E-state index in [0.717, 1.165) is 0 Å². The third-order valence-corrected chi connectivity index (χ3v) is 4.46. The summed E-state index contributed by atoms with van der Waals surface area (Å²) in [6.07, 6.45) is 5.31. The number of fused-ring (bicyclic) bond motifs is 1. The summed E-state index contributed by atoms with van der Waals surface area (Å²) in [5, 5.41) is 0.521. The van der Waals surface area contributed by atoms with Gasteiger partial charge in [-0.25, -0.2) is 14.8 Å². The predicted molar refractivity (Wildman–Crippen MR) is 93.1 cm³/mol. The Kier molecular flexibility index (Phi) is 4.57. The van der Waals surface area contributed by atoms with Crippen LogP contribution in [0.5, 0.6) is 0 Å². The van der Waals surface area contributed by atoms with E-state index >= 15 is 0 Å². The standard InChI is InChI=1S/C16H11Cl3N2O2/c1-23-16(22)14-10-7-9(17)3-5-13(10)20-15(21-14)8-2-4-11(18)12(19)6-8/h2-7,9,14H,1H3. The first-order chi connectivity index (χ1) is 11.0. The number of hydrogen-bond acceptors (Lipinski definition) is 4. The van der Waals surface area contributed by atoms with Gasteiger partial charge in [0.25, 0.3) is 0 Å². The smallest absolute Gasteiger partial charge is 0.335 e. The highest BCUT2D eigenvalue weighted by atomic mass is 35.5. The molecule has 0 saturated heterocycles. The number of aliphatic imine (C=N–C) groups is 2. The van der Waals surface area contributed by atoms with Gasteiger partial charge in [0.2, 0.25) is 0 Å². The Bertz CT molecular complexity index is 797. The van der Waals surface area contributed by atoms with Gasteiger partial charge in [-0.3, -0.25) is 0 Å². The summed E-state index contributed by atoms with van der Waals surface area (Å²) in [5.41, 5.74) is 1.94. The van der Waals surface area contributed by atoms with Crippen LogP contribution in [-0.4, -0.2) is 36.0 Å². The molecule has 1 aliphatic heterocycles. The average Bonchev–Trinajstić information content (AvgIpc) is 2.55. The van der Waals surface area contributed by atoms with Gasteiger partial charge in [-0.05, 0) is 24.3 Å². The molecule has 1 heterocycles. The molecular formula is C16H11Cl3N2O2. The maximum absolute atomic E-state index is 12.1. The van der Waals surface area contributed by atoms with Crippen LogP contribution < -0.4 is 0 Å². The van der Waals surface area contributed by atoms with Crippen LogP contribution in [0, 0.1) is 0 Å². The fourth-order valence-corrected chi connectivity index (χ4v) is 2.83. The second-order valence-electron chi connectivity index (χ2n) is 4.93. The molecule has 4 nitrogen and oxygen atoms in total. The van der Waals surface area contributed by atoms with E-state index in [1.54, 1.807) is 36.4 Å². The van der Waals surface area contributed by atoms with Crippen molar-refractivity contribution in [1.29, 1.82) is 0 Å². The maximum Gasteiger partial charge on any atom is 0.335 e. The molecule has 0 spiro atoms. The first-order valence-electron chi connectivity index (χ1n) is 6.73. The molecule has 2 atom stereocenters. The number of carbonyl (C=O) groups excluding carboxylic acids is 1. The van der Waals surface area contributed by atoms with Crippen molar-refractivity contribution in [3.63, 3.8) is 0 Å². The van der Waals surface area contributed by atoms with Crippen LogP contribution in [0.3, 0.4) is 0 Å². The number of allylic oxidation sites excluding steroid dienone is 3. The van der Waals surface area contributed by atoms with Crippen LogP contribution in [0.15, 0.2) is 52.0 Å². The van der Waals surface area contributed by atoms with Gasteiger partial charge in [-0.2, -0.15) is 0 Å². The Labute approximate surface area is 148 Å². The summed E-state index contributed by atoms with van der Waals surface area (Å²) in [6, 6.07) is 4.26. The molecule has 1 aliphatic carbocycles. The van der Waals surface area contributed by atoms with Gasteiger partial charge in [0.05, 0.1) is 28.2 Å². The fraction of sp³-hybridized carbons (Fsp3) is 0.188. The van der Waals surface area contributed by atoms with Crippen molar-refractivity contribution < 1.29 is 9.53 Å². The number of nitrogens with zero attached hydrogens (tertiary/aromatic N) is 2. The largest absolute Gasteiger partial charge is 0.467 e. The Hall–Kier alpha value is -1.62. The van der Waals surface area contributed by atoms with Crippen molar-refractivity contribution in [3.05, 3.63) is 57.6 Å². The number of methoxy groups -OCH3 is 1. The zero-order chi connectivity index (χ0) is 16.6. The Morgan fingerprint density at radius 1 is 1.26 bits per heavy atom. The van der Waals surface area contributed by atoms with Gasteiger partial charge in [-0.15, -0.1) is 11.6 Å². The number of esters is 1. The van der Waals surface area contributed by atoms with Crippen LogP contribution in [0.2, 0.25) is 10.0 Å². The van der Waals surface area contributed by atoms with Crippen LogP contribution in [0.1, 0.15) is 5.56 Å². The molecule has 23 heavy (non-hydrogen) atoms. The van der Waals surface area contributed by atoms with Crippen molar-refractivity contribution in [1.82, 2.24) is 0 Å². The molecule has 2 unspecified atom stereocenters. The minimum atomic E-state index is -0.803. The summed E-state index contributed by atoms with van der Waals surface area (Å²) in [5.74, 6) is -0.0795. The topological polar surface area (TPSA) is 51.0 Å². The third-order valence-electron chi connectivity index (χ3n) is 3.45. The zero-order valence-electron chi connectivity index (χ0n) is 12.0. The molecule has 0 radical (unpaired) electrons. The van der Waals surface area contributed by atoms with E-state index in [9.17, 15) is 4.79 Å². The van der Waals surface area contributed by atoms with Gasteiger partial charge >= 0.3 is 5.97 Å². The second kappa shape index (κ2) is 6.48. The van der Waals surface area contributed by atoms with Crippen molar-refractivity contribution in [2.24, 2.45) is 9.98 Å². The predicted octanol–water partition coefficient (Wildman–Crippen LogP) is 3.84. The first kappa shape index (κ1) is 16.2. The van der Waals surface area contributed by atoms with E-state index in [1.165, 1.54) is 7.11 Å². The highest BCUT2D eigenvalue weighted by Crippen LogP contribution is 2.27. The van der Waals surface area contributed by atoms with E-state index in [1.807, 2.05) is 0 Å². The van der Waals surface area contributed by atoms with E-state index in [4.69, 9.17) is 39.5 Å². The van der Waals surface area contributed by atoms with Crippen molar-refractivity contribution in [2.75, 3.05) is 7.11 Å². The van der Waals surface area contributed by atoms with Crippen molar-refractivity contribution in [3.8, 4) is 0 Å². The molecule has 2 aliphatic rings. The second-order valence-corrected chi connectivity index (χ2v) is 6.25. The summed E-state index contributed by atoms with van der Waals surface area (Å²) >= 11 is 18.1. The molecule has 7 heteroatoms. The number of carbonyl (C=O) groups is 1. The molecule has 0 saturated carbocycles. The third kappa shape index (κ3) is 3.20. The molecule has 0 aromatic heterocycles. The van der Waals surface area contributed by atoms with Crippen molar-refractivity contribution in [2.45, 2.75) is 11.4 Å². The number of rotatable bonds is 2. The normalized spacial score (nSPS) is 22.7. The zero-order valence-corrected chi connectivity index (χ0v) is 14.2. The van der Waals surface area contributed by atoms with Crippen LogP contribution >= 0.6 is 34.8 Å². The van der Waals surface area contributed by atoms with Crippen molar-refractivity contribution >= 4 is 52.3 Å². The molecule has 1 aromatic carbocycles. The molecule has 0 fully saturated rings. The lowest BCUT2D eigenvalue weighted by atomic mass is 9.94. The SMILES string of the molecule is COC(=O)C1N=C(c2ccc(Cl)c(Cl)c2)N=C2C=CC(Cl)C=C21. The fourth-order valence-electron chi connectivity index (χ4n) is 2.33. The molecular weight excluding hydrogens is 359 g/mol. The highest BCUT2D eigenvalue weighted by molar-refractivity contribution is 6.42. The monoisotopic (exact) mass is 368 g/mol. The van der Waals surface area contributed by atoms with E-state index < -0.39 is 12.0 Å². The lowest BCUT2D eigenvalue weighted by molar-refractivity contribution is -0.141. The van der Waals surface area contributed by atoms with Gasteiger partial charge < -0.3 is 4.74 Å². The molecule has 0 bridgehead atoms. The Morgan fingerprint density at radius 2 is 2.04 bits per heavy atom. The van der Waals surface area contributed by atoms with Gasteiger partial charge in [0.15, 0.2) is 11.9 Å². The van der Waals surface area contributed by atoms with Gasteiger partial charge in [0, 0.05) is 11.1 Å². The number of ether oxygens (including phenoxy) is 1. The maximum atomic E-state index is 12.1. The summed E-state index contributed by atoms with van der Waals surface area (Å²) in [4.78, 5) is 21.0. The quantitative estimate of drug-likeness (QED) is 0.587. The number of halogens is 3. The minimum Gasteiger partial charge on any atom is -0.467 e. The molecule has 1 aromatic rings. The van der Waals surface area contributed by atoms with E-state index in [0.29, 0.717) is 32.7 Å². The Morgan fingerprint density at radius 3 is 2.74 bits per heavy atom. The van der Waals surface area contributed by atoms with Gasteiger partial charge in [-0.1, -0.05) is 35.4 Å². The van der Waals surface area contributed by atoms with Crippen LogP contribution in [-0.2, 0) is 9.53 Å². The average molecular weight is 370 g/mol. The number of alkyl halides is 1. The summed E-state index contributed by atoms with van der Waals surface area (Å²) in [7, 11) is 1.32. The molecule has 0 amide bonds. The lowest BCUT2D eigenvalue weighted by Gasteiger charge is -2.23. The lowest BCUT2D eigenvalue weighted by Crippen LogP contribution is -2.33. The van der Waals surface area contributed by atoms with E-state index in [-0.39, 0.29) is 5.38 Å². The van der Waals surface area contributed by atoms with Crippen LogP contribution in [0.25, 0.3) is 0 Å². The number of amidine groups is 1.